The highest BCUT2D eigenvalue weighted by Gasteiger charge is 2.19. The molecule has 5 rings (SSSR count). The van der Waals surface area contributed by atoms with Gasteiger partial charge in [0.1, 0.15) is 11.5 Å². The molecule has 136 valence electrons. The zero-order chi connectivity index (χ0) is 18.5. The maximum atomic E-state index is 12.0. The fraction of sp³-hybridized carbons (Fsp3) is 0.250. The largest absolute Gasteiger partial charge is 0.365 e. The number of amides is 1. The molecule has 2 N–H and O–H groups in total. The number of fused-ring (bicyclic) bond motifs is 5. The number of aromatic nitrogens is 3. The van der Waals surface area contributed by atoms with Gasteiger partial charge in [-0.25, -0.2) is 9.97 Å². The molecule has 1 fully saturated rings. The number of para-hydroxylation sites is 2. The molecule has 0 aliphatic carbocycles. The smallest absolute Gasteiger partial charge is 0.252 e. The van der Waals surface area contributed by atoms with Crippen molar-refractivity contribution in [1.29, 1.82) is 0 Å². The van der Waals surface area contributed by atoms with Crippen LogP contribution in [0.1, 0.15) is 10.4 Å². The SMILES string of the molecule is CN1CCN(c2ccc3cc(C(N)=O)c4nc5ccccc5n4c3n2)CC1. The average molecular weight is 360 g/mol. The van der Waals surface area contributed by atoms with Crippen molar-refractivity contribution < 1.29 is 4.79 Å². The van der Waals surface area contributed by atoms with Gasteiger partial charge in [-0.2, -0.15) is 0 Å². The molecule has 0 spiro atoms. The number of anilines is 1. The van der Waals surface area contributed by atoms with Crippen LogP contribution in [0.5, 0.6) is 0 Å². The number of rotatable bonds is 2. The second kappa shape index (κ2) is 5.92. The van der Waals surface area contributed by atoms with E-state index >= 15 is 0 Å². The van der Waals surface area contributed by atoms with Gasteiger partial charge in [0.15, 0.2) is 5.65 Å². The highest BCUT2D eigenvalue weighted by Crippen LogP contribution is 2.27. The number of hydrogen-bond acceptors (Lipinski definition) is 5. The summed E-state index contributed by atoms with van der Waals surface area (Å²) < 4.78 is 1.95. The molecular formula is C20H20N6O. The predicted octanol–water partition coefficient (Wildman–Crippen LogP) is 1.89. The lowest BCUT2D eigenvalue weighted by atomic mass is 10.2. The predicted molar refractivity (Wildman–Crippen MR) is 106 cm³/mol. The number of likely N-dealkylation sites (N-methyl/N-ethyl adjacent to an activating group) is 1. The molecule has 0 atom stereocenters. The zero-order valence-corrected chi connectivity index (χ0v) is 15.1. The van der Waals surface area contributed by atoms with Crippen LogP contribution in [-0.4, -0.2) is 58.4 Å². The quantitative estimate of drug-likeness (QED) is 0.590. The Balaban J connectivity index is 1.80. The number of hydrogen-bond donors (Lipinski definition) is 1. The van der Waals surface area contributed by atoms with Gasteiger partial charge in [-0.3, -0.25) is 9.20 Å². The van der Waals surface area contributed by atoms with E-state index in [1.807, 2.05) is 40.8 Å². The molecule has 0 bridgehead atoms. The summed E-state index contributed by atoms with van der Waals surface area (Å²) in [5, 5.41) is 0.873. The normalized spacial score (nSPS) is 15.8. The number of nitrogens with two attached hydrogens (primary N) is 1. The third kappa shape index (κ3) is 2.50. The first kappa shape index (κ1) is 16.0. The number of pyridine rings is 2. The molecular weight excluding hydrogens is 340 g/mol. The summed E-state index contributed by atoms with van der Waals surface area (Å²) in [6.07, 6.45) is 0. The van der Waals surface area contributed by atoms with Gasteiger partial charge < -0.3 is 15.5 Å². The Morgan fingerprint density at radius 3 is 2.56 bits per heavy atom. The standard InChI is InChI=1S/C20H20N6O/c1-24-8-10-25(11-9-24)17-7-6-13-12-14(18(21)27)20-22-15-4-2-3-5-16(15)26(20)19(13)23-17/h2-7,12H,8-11H2,1H3,(H2,21,27). The Morgan fingerprint density at radius 2 is 1.78 bits per heavy atom. The molecule has 0 saturated carbocycles. The summed E-state index contributed by atoms with van der Waals surface area (Å²) in [7, 11) is 2.14. The molecule has 7 nitrogen and oxygen atoms in total. The van der Waals surface area contributed by atoms with E-state index < -0.39 is 5.91 Å². The van der Waals surface area contributed by atoms with E-state index in [2.05, 4.69) is 21.8 Å². The molecule has 1 aromatic carbocycles. The summed E-state index contributed by atoms with van der Waals surface area (Å²) in [5.41, 5.74) is 9.12. The van der Waals surface area contributed by atoms with Crippen LogP contribution in [0, 0.1) is 0 Å². The molecule has 1 aliphatic heterocycles. The monoisotopic (exact) mass is 360 g/mol. The first-order chi connectivity index (χ1) is 13.1. The van der Waals surface area contributed by atoms with Gasteiger partial charge in [0.25, 0.3) is 5.91 Å². The Hall–Kier alpha value is -3.19. The second-order valence-electron chi connectivity index (χ2n) is 7.05. The number of piperazine rings is 1. The van der Waals surface area contributed by atoms with E-state index in [-0.39, 0.29) is 0 Å². The van der Waals surface area contributed by atoms with Gasteiger partial charge >= 0.3 is 0 Å². The minimum absolute atomic E-state index is 0.410. The molecule has 0 unspecified atom stereocenters. The van der Waals surface area contributed by atoms with E-state index in [0.29, 0.717) is 11.2 Å². The summed E-state index contributed by atoms with van der Waals surface area (Å²) in [6.45, 7) is 3.93. The van der Waals surface area contributed by atoms with Crippen LogP contribution in [0.3, 0.4) is 0 Å². The number of carbonyl (C=O) groups is 1. The van der Waals surface area contributed by atoms with Crippen LogP contribution < -0.4 is 10.6 Å². The van der Waals surface area contributed by atoms with Gasteiger partial charge in [0.2, 0.25) is 0 Å². The number of carbonyl (C=O) groups excluding carboxylic acids is 1. The van der Waals surface area contributed by atoms with Gasteiger partial charge in [-0.05, 0) is 37.4 Å². The van der Waals surface area contributed by atoms with Crippen molar-refractivity contribution in [2.75, 3.05) is 38.1 Å². The molecule has 1 saturated heterocycles. The Bertz CT molecular complexity index is 1190. The summed E-state index contributed by atoms with van der Waals surface area (Å²) in [6, 6.07) is 13.6. The minimum Gasteiger partial charge on any atom is -0.365 e. The van der Waals surface area contributed by atoms with Crippen LogP contribution in [0.2, 0.25) is 0 Å². The fourth-order valence-corrected chi connectivity index (χ4v) is 3.78. The van der Waals surface area contributed by atoms with Crippen molar-refractivity contribution in [3.05, 3.63) is 48.0 Å². The Labute approximate surface area is 156 Å². The number of imidazole rings is 1. The van der Waals surface area contributed by atoms with E-state index in [4.69, 9.17) is 10.7 Å². The molecule has 1 aliphatic rings. The van der Waals surface area contributed by atoms with Crippen LogP contribution >= 0.6 is 0 Å². The van der Waals surface area contributed by atoms with Gasteiger partial charge in [0, 0.05) is 31.6 Å². The maximum Gasteiger partial charge on any atom is 0.252 e. The second-order valence-corrected chi connectivity index (χ2v) is 7.05. The lowest BCUT2D eigenvalue weighted by molar-refractivity contribution is 0.100. The van der Waals surface area contributed by atoms with Crippen molar-refractivity contribution in [2.45, 2.75) is 0 Å². The highest BCUT2D eigenvalue weighted by molar-refractivity contribution is 6.04. The van der Waals surface area contributed by atoms with Gasteiger partial charge in [0.05, 0.1) is 16.6 Å². The minimum atomic E-state index is -0.486. The number of primary amides is 1. The van der Waals surface area contributed by atoms with Crippen molar-refractivity contribution in [3.63, 3.8) is 0 Å². The molecule has 4 heterocycles. The lowest BCUT2D eigenvalue weighted by Gasteiger charge is -2.33. The van der Waals surface area contributed by atoms with Crippen LogP contribution in [-0.2, 0) is 0 Å². The van der Waals surface area contributed by atoms with Crippen LogP contribution in [0.4, 0.5) is 5.82 Å². The molecule has 7 heteroatoms. The van der Waals surface area contributed by atoms with E-state index in [0.717, 1.165) is 54.1 Å². The Morgan fingerprint density at radius 1 is 1.00 bits per heavy atom. The van der Waals surface area contributed by atoms with Crippen LogP contribution in [0.15, 0.2) is 42.5 Å². The molecule has 1 amide bonds. The summed E-state index contributed by atoms with van der Waals surface area (Å²) >= 11 is 0. The lowest BCUT2D eigenvalue weighted by Crippen LogP contribution is -2.44. The van der Waals surface area contributed by atoms with Crippen molar-refractivity contribution in [2.24, 2.45) is 5.73 Å². The van der Waals surface area contributed by atoms with Crippen molar-refractivity contribution in [3.8, 4) is 0 Å². The summed E-state index contributed by atoms with van der Waals surface area (Å²) in [5.74, 6) is 0.460. The van der Waals surface area contributed by atoms with Crippen molar-refractivity contribution >= 4 is 39.4 Å². The highest BCUT2D eigenvalue weighted by atomic mass is 16.1. The third-order valence-electron chi connectivity index (χ3n) is 5.30. The van der Waals surface area contributed by atoms with E-state index in [1.165, 1.54) is 0 Å². The maximum absolute atomic E-state index is 12.0. The van der Waals surface area contributed by atoms with E-state index in [9.17, 15) is 4.79 Å². The summed E-state index contributed by atoms with van der Waals surface area (Å²) in [4.78, 5) is 26.2. The molecule has 3 aromatic heterocycles. The average Bonchev–Trinajstić information content (AvgIpc) is 3.07. The number of benzene rings is 1. The Kier molecular flexibility index (Phi) is 3.51. The molecule has 0 radical (unpaired) electrons. The first-order valence-corrected chi connectivity index (χ1v) is 9.06. The van der Waals surface area contributed by atoms with Gasteiger partial charge in [-0.1, -0.05) is 12.1 Å². The molecule has 4 aromatic rings. The van der Waals surface area contributed by atoms with Crippen LogP contribution in [0.25, 0.3) is 27.7 Å². The fourth-order valence-electron chi connectivity index (χ4n) is 3.78. The third-order valence-corrected chi connectivity index (χ3v) is 5.30. The topological polar surface area (TPSA) is 79.8 Å². The molecule has 27 heavy (non-hydrogen) atoms. The van der Waals surface area contributed by atoms with Gasteiger partial charge in [-0.15, -0.1) is 0 Å². The zero-order valence-electron chi connectivity index (χ0n) is 15.1. The first-order valence-electron chi connectivity index (χ1n) is 9.06. The van der Waals surface area contributed by atoms with E-state index in [1.54, 1.807) is 6.07 Å². The van der Waals surface area contributed by atoms with Crippen molar-refractivity contribution in [1.82, 2.24) is 19.3 Å². The number of nitrogens with zero attached hydrogens (tertiary/aromatic N) is 5.